The summed E-state index contributed by atoms with van der Waals surface area (Å²) in [6.45, 7) is 2.23. The molecule has 1 aliphatic rings. The van der Waals surface area contributed by atoms with Crippen molar-refractivity contribution in [2.75, 3.05) is 12.4 Å². The van der Waals surface area contributed by atoms with E-state index >= 15 is 0 Å². The maximum Gasteiger partial charge on any atom is 0.265 e. The van der Waals surface area contributed by atoms with E-state index in [0.29, 0.717) is 28.1 Å². The third-order valence-corrected chi connectivity index (χ3v) is 5.89. The first-order valence-corrected chi connectivity index (χ1v) is 9.66. The van der Waals surface area contributed by atoms with E-state index in [2.05, 4.69) is 12.2 Å². The van der Waals surface area contributed by atoms with E-state index in [-0.39, 0.29) is 11.8 Å². The lowest BCUT2D eigenvalue weighted by Crippen LogP contribution is -2.42. The number of nitrogens with zero attached hydrogens (tertiary/aromatic N) is 1. The predicted octanol–water partition coefficient (Wildman–Crippen LogP) is 4.65. The fourth-order valence-corrected chi connectivity index (χ4v) is 4.14. The minimum atomic E-state index is -0.123. The highest BCUT2D eigenvalue weighted by Gasteiger charge is 2.28. The van der Waals surface area contributed by atoms with Crippen LogP contribution in [0.2, 0.25) is 0 Å². The molecule has 0 bridgehead atoms. The molecule has 2 aromatic rings. The van der Waals surface area contributed by atoms with Crippen molar-refractivity contribution in [3.8, 4) is 0 Å². The van der Waals surface area contributed by atoms with Crippen LogP contribution in [0, 0.1) is 5.92 Å². The molecule has 2 atom stereocenters. The second-order valence-electron chi connectivity index (χ2n) is 6.75. The number of thiophene rings is 1. The van der Waals surface area contributed by atoms with Crippen molar-refractivity contribution >= 4 is 28.8 Å². The average molecular weight is 356 g/mol. The lowest BCUT2D eigenvalue weighted by molar-refractivity contribution is 0.0629. The van der Waals surface area contributed by atoms with Gasteiger partial charge in [0.1, 0.15) is 0 Å². The van der Waals surface area contributed by atoms with E-state index < -0.39 is 0 Å². The third kappa shape index (κ3) is 4.10. The number of carbonyl (C=O) groups is 2. The number of nitrogens with one attached hydrogen (secondary N) is 1. The molecule has 25 heavy (non-hydrogen) atoms. The van der Waals surface area contributed by atoms with Crippen molar-refractivity contribution in [3.63, 3.8) is 0 Å². The summed E-state index contributed by atoms with van der Waals surface area (Å²) >= 11 is 1.41. The van der Waals surface area contributed by atoms with E-state index in [4.69, 9.17) is 0 Å². The molecular weight excluding hydrogens is 332 g/mol. The van der Waals surface area contributed by atoms with Crippen molar-refractivity contribution in [3.05, 3.63) is 52.2 Å². The standard InChI is InChI=1S/C20H24N2O2S/c1-14-6-3-4-7-17(14)22(2)20(24)15-9-11-16(12-10-15)21-19(23)18-8-5-13-25-18/h5,8-14,17H,3-4,6-7H2,1-2H3,(H,21,23). The van der Waals surface area contributed by atoms with Crippen molar-refractivity contribution in [1.29, 1.82) is 0 Å². The van der Waals surface area contributed by atoms with Gasteiger partial charge in [0.15, 0.2) is 0 Å². The van der Waals surface area contributed by atoms with Crippen LogP contribution < -0.4 is 5.32 Å². The molecule has 1 heterocycles. The molecular formula is C20H24N2O2S. The topological polar surface area (TPSA) is 49.4 Å². The maximum atomic E-state index is 12.7. The number of hydrogen-bond donors (Lipinski definition) is 1. The van der Waals surface area contributed by atoms with Gasteiger partial charge in [-0.1, -0.05) is 25.8 Å². The number of carbonyl (C=O) groups excluding carboxylic acids is 2. The second-order valence-corrected chi connectivity index (χ2v) is 7.70. The van der Waals surface area contributed by atoms with Gasteiger partial charge in [-0.3, -0.25) is 9.59 Å². The molecule has 1 N–H and O–H groups in total. The Hall–Kier alpha value is -2.14. The fraction of sp³-hybridized carbons (Fsp3) is 0.400. The van der Waals surface area contributed by atoms with E-state index in [0.717, 1.165) is 6.42 Å². The van der Waals surface area contributed by atoms with Crippen LogP contribution in [0.1, 0.15) is 52.6 Å². The Morgan fingerprint density at radius 3 is 2.48 bits per heavy atom. The Kier molecular flexibility index (Phi) is 5.53. The van der Waals surface area contributed by atoms with Crippen molar-refractivity contribution in [2.45, 2.75) is 38.6 Å². The van der Waals surface area contributed by atoms with Crippen molar-refractivity contribution < 1.29 is 9.59 Å². The van der Waals surface area contributed by atoms with Crippen LogP contribution in [0.5, 0.6) is 0 Å². The molecule has 1 aromatic carbocycles. The quantitative estimate of drug-likeness (QED) is 0.867. The van der Waals surface area contributed by atoms with Gasteiger partial charge >= 0.3 is 0 Å². The number of benzene rings is 1. The minimum Gasteiger partial charge on any atom is -0.338 e. The van der Waals surface area contributed by atoms with Gasteiger partial charge in [0, 0.05) is 24.3 Å². The van der Waals surface area contributed by atoms with E-state index in [1.165, 1.54) is 30.6 Å². The highest BCUT2D eigenvalue weighted by atomic mass is 32.1. The number of hydrogen-bond acceptors (Lipinski definition) is 3. The SMILES string of the molecule is CC1CCCCC1N(C)C(=O)c1ccc(NC(=O)c2cccs2)cc1. The van der Waals surface area contributed by atoms with Crippen LogP contribution in [0.3, 0.4) is 0 Å². The summed E-state index contributed by atoms with van der Waals surface area (Å²) < 4.78 is 0. The Morgan fingerprint density at radius 2 is 1.84 bits per heavy atom. The van der Waals surface area contributed by atoms with Gasteiger partial charge in [0.05, 0.1) is 4.88 Å². The van der Waals surface area contributed by atoms with Crippen LogP contribution in [0.4, 0.5) is 5.69 Å². The van der Waals surface area contributed by atoms with Crippen LogP contribution >= 0.6 is 11.3 Å². The van der Waals surface area contributed by atoms with Crippen LogP contribution in [-0.2, 0) is 0 Å². The lowest BCUT2D eigenvalue weighted by Gasteiger charge is -2.36. The molecule has 1 saturated carbocycles. The van der Waals surface area contributed by atoms with Crippen LogP contribution in [-0.4, -0.2) is 29.8 Å². The first kappa shape index (κ1) is 17.7. The fourth-order valence-electron chi connectivity index (χ4n) is 3.52. The summed E-state index contributed by atoms with van der Waals surface area (Å²) in [7, 11) is 1.90. The van der Waals surface area contributed by atoms with Crippen molar-refractivity contribution in [1.82, 2.24) is 4.90 Å². The largest absolute Gasteiger partial charge is 0.338 e. The average Bonchev–Trinajstić information content (AvgIpc) is 3.16. The maximum absolute atomic E-state index is 12.7. The molecule has 2 amide bonds. The zero-order valence-electron chi connectivity index (χ0n) is 14.7. The van der Waals surface area contributed by atoms with E-state index in [1.54, 1.807) is 30.3 Å². The summed E-state index contributed by atoms with van der Waals surface area (Å²) in [6, 6.07) is 11.1. The molecule has 5 heteroatoms. The molecule has 0 spiro atoms. The third-order valence-electron chi connectivity index (χ3n) is 5.02. The monoisotopic (exact) mass is 356 g/mol. The first-order valence-electron chi connectivity index (χ1n) is 8.78. The zero-order valence-corrected chi connectivity index (χ0v) is 15.5. The highest BCUT2D eigenvalue weighted by Crippen LogP contribution is 2.28. The first-order chi connectivity index (χ1) is 12.1. The van der Waals surface area contributed by atoms with Gasteiger partial charge in [-0.05, 0) is 54.5 Å². The molecule has 0 radical (unpaired) electrons. The van der Waals surface area contributed by atoms with E-state index in [1.807, 2.05) is 23.4 Å². The van der Waals surface area contributed by atoms with Gasteiger partial charge in [0.2, 0.25) is 0 Å². The van der Waals surface area contributed by atoms with Gasteiger partial charge in [-0.2, -0.15) is 0 Å². The summed E-state index contributed by atoms with van der Waals surface area (Å²) in [6.07, 6.45) is 4.73. The molecule has 4 nitrogen and oxygen atoms in total. The summed E-state index contributed by atoms with van der Waals surface area (Å²) in [5.41, 5.74) is 1.36. The minimum absolute atomic E-state index is 0.0508. The summed E-state index contributed by atoms with van der Waals surface area (Å²) in [5.74, 6) is 0.476. The second kappa shape index (κ2) is 7.83. The summed E-state index contributed by atoms with van der Waals surface area (Å²) in [5, 5.41) is 4.73. The normalized spacial score (nSPS) is 20.1. The number of anilines is 1. The molecule has 1 aromatic heterocycles. The molecule has 0 saturated heterocycles. The Bertz CT molecular complexity index is 725. The Labute approximate surface area is 152 Å². The molecule has 0 aliphatic heterocycles. The highest BCUT2D eigenvalue weighted by molar-refractivity contribution is 7.12. The molecule has 3 rings (SSSR count). The van der Waals surface area contributed by atoms with Crippen LogP contribution in [0.25, 0.3) is 0 Å². The molecule has 132 valence electrons. The van der Waals surface area contributed by atoms with Crippen molar-refractivity contribution in [2.24, 2.45) is 5.92 Å². The number of rotatable bonds is 4. The lowest BCUT2D eigenvalue weighted by atomic mass is 9.85. The predicted molar refractivity (Wildman–Crippen MR) is 102 cm³/mol. The number of amides is 2. The van der Waals surface area contributed by atoms with E-state index in [9.17, 15) is 9.59 Å². The zero-order chi connectivity index (χ0) is 17.8. The van der Waals surface area contributed by atoms with Gasteiger partial charge in [0.25, 0.3) is 11.8 Å². The summed E-state index contributed by atoms with van der Waals surface area (Å²) in [4.78, 5) is 27.4. The molecule has 1 fully saturated rings. The molecule has 1 aliphatic carbocycles. The smallest absolute Gasteiger partial charge is 0.265 e. The van der Waals surface area contributed by atoms with Gasteiger partial charge < -0.3 is 10.2 Å². The van der Waals surface area contributed by atoms with Gasteiger partial charge in [-0.15, -0.1) is 11.3 Å². The Morgan fingerprint density at radius 1 is 1.12 bits per heavy atom. The Balaban J connectivity index is 1.65. The molecule has 2 unspecified atom stereocenters. The van der Waals surface area contributed by atoms with Crippen LogP contribution in [0.15, 0.2) is 41.8 Å². The van der Waals surface area contributed by atoms with Gasteiger partial charge in [-0.25, -0.2) is 0 Å².